The smallest absolute Gasteiger partial charge is 0.407 e. The zero-order chi connectivity index (χ0) is 13.6. The van der Waals surface area contributed by atoms with E-state index in [9.17, 15) is 4.79 Å². The Morgan fingerprint density at radius 2 is 1.76 bits per heavy atom. The molecule has 3 unspecified atom stereocenters. The molecule has 0 aromatic heterocycles. The number of carbonyl (C=O) groups is 1. The predicted octanol–water partition coefficient (Wildman–Crippen LogP) is 1.26. The number of nitrogens with one attached hydrogen (secondary N) is 2. The SMILES string of the molecule is CC(CO)NC(C)C(C)NC(=O)OC(C)(C)C. The zero-order valence-electron chi connectivity index (χ0n) is 11.7. The molecule has 17 heavy (non-hydrogen) atoms. The third kappa shape index (κ3) is 7.99. The van der Waals surface area contributed by atoms with Gasteiger partial charge in [-0.1, -0.05) is 0 Å². The molecule has 0 aromatic rings. The molecule has 0 radical (unpaired) electrons. The number of amides is 1. The van der Waals surface area contributed by atoms with Crippen molar-refractivity contribution >= 4 is 6.09 Å². The van der Waals surface area contributed by atoms with E-state index >= 15 is 0 Å². The number of ether oxygens (including phenoxy) is 1. The Balaban J connectivity index is 4.07. The first kappa shape index (κ1) is 16.2. The maximum absolute atomic E-state index is 11.5. The molecule has 0 saturated carbocycles. The van der Waals surface area contributed by atoms with Crippen LogP contribution in [0, 0.1) is 0 Å². The highest BCUT2D eigenvalue weighted by molar-refractivity contribution is 5.68. The summed E-state index contributed by atoms with van der Waals surface area (Å²) in [4.78, 5) is 11.5. The monoisotopic (exact) mass is 246 g/mol. The first-order valence-corrected chi connectivity index (χ1v) is 6.02. The molecule has 0 aliphatic heterocycles. The summed E-state index contributed by atoms with van der Waals surface area (Å²) in [6, 6.07) is -0.00333. The Morgan fingerprint density at radius 3 is 2.18 bits per heavy atom. The van der Waals surface area contributed by atoms with Gasteiger partial charge in [0.2, 0.25) is 0 Å². The van der Waals surface area contributed by atoms with Crippen LogP contribution in [0.1, 0.15) is 41.5 Å². The van der Waals surface area contributed by atoms with Gasteiger partial charge in [0.05, 0.1) is 6.61 Å². The van der Waals surface area contributed by atoms with Crippen LogP contribution in [0.15, 0.2) is 0 Å². The minimum Gasteiger partial charge on any atom is -0.444 e. The van der Waals surface area contributed by atoms with E-state index in [2.05, 4.69) is 10.6 Å². The van der Waals surface area contributed by atoms with Crippen LogP contribution in [-0.4, -0.2) is 41.5 Å². The van der Waals surface area contributed by atoms with Gasteiger partial charge in [-0.15, -0.1) is 0 Å². The second kappa shape index (κ2) is 6.81. The van der Waals surface area contributed by atoms with E-state index in [-0.39, 0.29) is 24.7 Å². The van der Waals surface area contributed by atoms with Gasteiger partial charge >= 0.3 is 6.09 Å². The van der Waals surface area contributed by atoms with E-state index in [0.717, 1.165) is 0 Å². The molecule has 5 heteroatoms. The average molecular weight is 246 g/mol. The second-order valence-corrected chi connectivity index (χ2v) is 5.47. The standard InChI is InChI=1S/C12H26N2O3/c1-8(7-15)13-9(2)10(3)14-11(16)17-12(4,5)6/h8-10,13,15H,7H2,1-6H3,(H,14,16). The van der Waals surface area contributed by atoms with Crippen molar-refractivity contribution in [2.24, 2.45) is 0 Å². The number of aliphatic hydroxyl groups is 1. The number of rotatable bonds is 5. The van der Waals surface area contributed by atoms with E-state index in [1.54, 1.807) is 0 Å². The molecule has 0 aromatic carbocycles. The summed E-state index contributed by atoms with van der Waals surface area (Å²) in [5, 5.41) is 14.9. The molecular weight excluding hydrogens is 220 g/mol. The Bertz CT molecular complexity index is 238. The number of hydrogen-bond acceptors (Lipinski definition) is 4. The molecular formula is C12H26N2O3. The van der Waals surface area contributed by atoms with E-state index in [1.807, 2.05) is 41.5 Å². The molecule has 3 N–H and O–H groups in total. The van der Waals surface area contributed by atoms with Gasteiger partial charge in [0.15, 0.2) is 0 Å². The summed E-state index contributed by atoms with van der Waals surface area (Å²) in [6.07, 6.45) is -0.421. The Labute approximate surface area is 104 Å². The highest BCUT2D eigenvalue weighted by Crippen LogP contribution is 2.07. The topological polar surface area (TPSA) is 70.6 Å². The Morgan fingerprint density at radius 1 is 1.24 bits per heavy atom. The van der Waals surface area contributed by atoms with E-state index in [4.69, 9.17) is 9.84 Å². The van der Waals surface area contributed by atoms with Gasteiger partial charge < -0.3 is 20.5 Å². The average Bonchev–Trinajstić information content (AvgIpc) is 2.14. The lowest BCUT2D eigenvalue weighted by molar-refractivity contribution is 0.0497. The van der Waals surface area contributed by atoms with Crippen molar-refractivity contribution in [3.05, 3.63) is 0 Å². The summed E-state index contributed by atoms with van der Waals surface area (Å²) < 4.78 is 5.16. The van der Waals surface area contributed by atoms with E-state index < -0.39 is 11.7 Å². The fourth-order valence-electron chi connectivity index (χ4n) is 1.26. The van der Waals surface area contributed by atoms with Gasteiger partial charge in [0.25, 0.3) is 0 Å². The molecule has 102 valence electrons. The maximum atomic E-state index is 11.5. The molecule has 5 nitrogen and oxygen atoms in total. The van der Waals surface area contributed by atoms with Crippen LogP contribution in [0.25, 0.3) is 0 Å². The number of hydrogen-bond donors (Lipinski definition) is 3. The Hall–Kier alpha value is -0.810. The normalized spacial score (nSPS) is 17.1. The van der Waals surface area contributed by atoms with Gasteiger partial charge in [-0.3, -0.25) is 0 Å². The number of alkyl carbamates (subject to hydrolysis) is 1. The van der Waals surface area contributed by atoms with Gasteiger partial charge in [0.1, 0.15) is 5.60 Å². The number of carbonyl (C=O) groups excluding carboxylic acids is 1. The zero-order valence-corrected chi connectivity index (χ0v) is 11.7. The summed E-state index contributed by atoms with van der Waals surface area (Å²) in [5.74, 6) is 0. The lowest BCUT2D eigenvalue weighted by atomic mass is 10.1. The van der Waals surface area contributed by atoms with Crippen molar-refractivity contribution in [1.29, 1.82) is 0 Å². The fourth-order valence-corrected chi connectivity index (χ4v) is 1.26. The number of aliphatic hydroxyl groups excluding tert-OH is 1. The highest BCUT2D eigenvalue weighted by Gasteiger charge is 2.20. The van der Waals surface area contributed by atoms with Crippen molar-refractivity contribution in [2.45, 2.75) is 65.3 Å². The van der Waals surface area contributed by atoms with Gasteiger partial charge in [-0.25, -0.2) is 4.79 Å². The summed E-state index contributed by atoms with van der Waals surface area (Å²) >= 11 is 0. The van der Waals surface area contributed by atoms with Crippen LogP contribution in [0.4, 0.5) is 4.79 Å². The first-order chi connectivity index (χ1) is 7.65. The predicted molar refractivity (Wildman–Crippen MR) is 68.0 cm³/mol. The van der Waals surface area contributed by atoms with Gasteiger partial charge in [0, 0.05) is 18.1 Å². The maximum Gasteiger partial charge on any atom is 0.407 e. The van der Waals surface area contributed by atoms with Crippen LogP contribution in [-0.2, 0) is 4.74 Å². The minimum atomic E-state index is -0.487. The van der Waals surface area contributed by atoms with Crippen molar-refractivity contribution in [3.8, 4) is 0 Å². The Kier molecular flexibility index (Phi) is 6.49. The summed E-state index contributed by atoms with van der Waals surface area (Å²) in [7, 11) is 0. The van der Waals surface area contributed by atoms with Crippen molar-refractivity contribution < 1.29 is 14.6 Å². The molecule has 0 rings (SSSR count). The molecule has 0 saturated heterocycles. The molecule has 0 aliphatic rings. The van der Waals surface area contributed by atoms with Crippen molar-refractivity contribution in [3.63, 3.8) is 0 Å². The third-order valence-corrected chi connectivity index (χ3v) is 2.32. The van der Waals surface area contributed by atoms with Crippen LogP contribution in [0.2, 0.25) is 0 Å². The van der Waals surface area contributed by atoms with Crippen LogP contribution >= 0.6 is 0 Å². The fraction of sp³-hybridized carbons (Fsp3) is 0.917. The minimum absolute atomic E-state index is 0.00730. The third-order valence-electron chi connectivity index (χ3n) is 2.32. The quantitative estimate of drug-likeness (QED) is 0.683. The van der Waals surface area contributed by atoms with Crippen molar-refractivity contribution in [2.75, 3.05) is 6.61 Å². The van der Waals surface area contributed by atoms with Gasteiger partial charge in [-0.05, 0) is 41.5 Å². The van der Waals surface area contributed by atoms with Crippen molar-refractivity contribution in [1.82, 2.24) is 10.6 Å². The largest absolute Gasteiger partial charge is 0.444 e. The second-order valence-electron chi connectivity index (χ2n) is 5.47. The van der Waals surface area contributed by atoms with Crippen LogP contribution in [0.3, 0.4) is 0 Å². The highest BCUT2D eigenvalue weighted by atomic mass is 16.6. The lowest BCUT2D eigenvalue weighted by Crippen LogP contribution is -2.50. The van der Waals surface area contributed by atoms with E-state index in [0.29, 0.717) is 0 Å². The molecule has 0 fully saturated rings. The summed E-state index contributed by atoms with van der Waals surface area (Å²) in [6.45, 7) is 11.3. The molecule has 0 heterocycles. The first-order valence-electron chi connectivity index (χ1n) is 6.02. The molecule has 1 amide bonds. The molecule has 0 aliphatic carbocycles. The molecule has 0 bridgehead atoms. The van der Waals surface area contributed by atoms with E-state index in [1.165, 1.54) is 0 Å². The molecule has 0 spiro atoms. The van der Waals surface area contributed by atoms with Gasteiger partial charge in [-0.2, -0.15) is 0 Å². The van der Waals surface area contributed by atoms with Crippen LogP contribution in [0.5, 0.6) is 0 Å². The van der Waals surface area contributed by atoms with Crippen LogP contribution < -0.4 is 10.6 Å². The molecule has 3 atom stereocenters. The lowest BCUT2D eigenvalue weighted by Gasteiger charge is -2.27. The summed E-state index contributed by atoms with van der Waals surface area (Å²) in [5.41, 5.74) is -0.487.